The van der Waals surface area contributed by atoms with Crippen molar-refractivity contribution in [3.63, 3.8) is 0 Å². The third kappa shape index (κ3) is 3.94. The van der Waals surface area contributed by atoms with Gasteiger partial charge in [-0.05, 0) is 31.9 Å². The minimum absolute atomic E-state index is 0.377. The highest BCUT2D eigenvalue weighted by molar-refractivity contribution is 5.74. The zero-order valence-electron chi connectivity index (χ0n) is 10.7. The molecule has 0 aliphatic carbocycles. The van der Waals surface area contributed by atoms with E-state index in [9.17, 15) is 4.79 Å². The maximum Gasteiger partial charge on any atom is 0.346 e. The van der Waals surface area contributed by atoms with Gasteiger partial charge in [0.05, 0.1) is 13.4 Å². The molecule has 92 valence electrons. The van der Waals surface area contributed by atoms with E-state index in [0.29, 0.717) is 0 Å². The second-order valence-corrected chi connectivity index (χ2v) is 3.97. The van der Waals surface area contributed by atoms with Crippen LogP contribution in [0.25, 0.3) is 5.57 Å². The fraction of sp³-hybridized carbons (Fsp3) is 0.357. The van der Waals surface area contributed by atoms with Crippen molar-refractivity contribution in [2.75, 3.05) is 7.11 Å². The van der Waals surface area contributed by atoms with Gasteiger partial charge < -0.3 is 9.47 Å². The summed E-state index contributed by atoms with van der Waals surface area (Å²) in [6.45, 7) is 5.64. The van der Waals surface area contributed by atoms with Gasteiger partial charge in [-0.15, -0.1) is 0 Å². The summed E-state index contributed by atoms with van der Waals surface area (Å²) in [7, 11) is 1.35. The van der Waals surface area contributed by atoms with Crippen molar-refractivity contribution in [2.24, 2.45) is 0 Å². The molecule has 0 fully saturated rings. The number of methoxy groups -OCH3 is 1. The third-order valence-corrected chi connectivity index (χ3v) is 2.49. The van der Waals surface area contributed by atoms with Gasteiger partial charge >= 0.3 is 5.97 Å². The minimum Gasteiger partial charge on any atom is -0.486 e. The summed E-state index contributed by atoms with van der Waals surface area (Å²) in [5.41, 5.74) is 3.26. The summed E-state index contributed by atoms with van der Waals surface area (Å²) < 4.78 is 9.88. The third-order valence-electron chi connectivity index (χ3n) is 2.49. The van der Waals surface area contributed by atoms with E-state index in [1.807, 2.05) is 38.1 Å². The van der Waals surface area contributed by atoms with Gasteiger partial charge in [0.25, 0.3) is 0 Å². The zero-order chi connectivity index (χ0) is 12.8. The molecule has 0 N–H and O–H groups in total. The van der Waals surface area contributed by atoms with Crippen molar-refractivity contribution < 1.29 is 14.3 Å². The number of esters is 1. The number of hydrogen-bond acceptors (Lipinski definition) is 3. The Labute approximate surface area is 102 Å². The maximum atomic E-state index is 11.1. The molecule has 17 heavy (non-hydrogen) atoms. The number of ether oxygens (including phenoxy) is 2. The van der Waals surface area contributed by atoms with Gasteiger partial charge in [-0.25, -0.2) is 4.79 Å². The molecular weight excluding hydrogens is 216 g/mol. The Morgan fingerprint density at radius 3 is 2.41 bits per heavy atom. The molecular formula is C14H18O3. The van der Waals surface area contributed by atoms with Crippen LogP contribution < -0.4 is 0 Å². The topological polar surface area (TPSA) is 35.5 Å². The highest BCUT2D eigenvalue weighted by Crippen LogP contribution is 2.14. The summed E-state index contributed by atoms with van der Waals surface area (Å²) in [6.07, 6.45) is 1.01. The van der Waals surface area contributed by atoms with Gasteiger partial charge in [0, 0.05) is 0 Å². The monoisotopic (exact) mass is 234 g/mol. The van der Waals surface area contributed by atoms with Crippen LogP contribution >= 0.6 is 0 Å². The first kappa shape index (κ1) is 13.3. The smallest absolute Gasteiger partial charge is 0.346 e. The quantitative estimate of drug-likeness (QED) is 0.593. The minimum atomic E-state index is -0.583. The average Bonchev–Trinajstić information content (AvgIpc) is 2.35. The molecule has 3 heteroatoms. The van der Waals surface area contributed by atoms with Crippen LogP contribution in [-0.4, -0.2) is 19.2 Å². The molecule has 0 saturated carbocycles. The maximum absolute atomic E-state index is 11.1. The lowest BCUT2D eigenvalue weighted by molar-refractivity contribution is -0.149. The van der Waals surface area contributed by atoms with E-state index in [4.69, 9.17) is 4.74 Å². The Bertz CT molecular complexity index is 404. The fourth-order valence-electron chi connectivity index (χ4n) is 1.31. The number of benzene rings is 1. The van der Waals surface area contributed by atoms with Crippen LogP contribution in [0.1, 0.15) is 25.0 Å². The molecule has 1 atom stereocenters. The van der Waals surface area contributed by atoms with Crippen molar-refractivity contribution >= 4 is 11.5 Å². The number of carbonyl (C=O) groups is 1. The Kier molecular flexibility index (Phi) is 4.76. The Hall–Kier alpha value is -1.77. The van der Waals surface area contributed by atoms with Gasteiger partial charge in [-0.1, -0.05) is 29.8 Å². The highest BCUT2D eigenvalue weighted by Gasteiger charge is 2.12. The molecule has 0 heterocycles. The summed E-state index contributed by atoms with van der Waals surface area (Å²) in [4.78, 5) is 11.1. The highest BCUT2D eigenvalue weighted by atomic mass is 16.6. The molecule has 0 radical (unpaired) electrons. The first-order chi connectivity index (χ1) is 8.04. The Morgan fingerprint density at radius 1 is 1.29 bits per heavy atom. The predicted molar refractivity (Wildman–Crippen MR) is 67.4 cm³/mol. The van der Waals surface area contributed by atoms with Gasteiger partial charge in [-0.3, -0.25) is 0 Å². The van der Waals surface area contributed by atoms with Crippen LogP contribution in [0.3, 0.4) is 0 Å². The van der Waals surface area contributed by atoms with E-state index in [1.165, 1.54) is 12.7 Å². The summed E-state index contributed by atoms with van der Waals surface area (Å²) in [6, 6.07) is 8.12. The van der Waals surface area contributed by atoms with Crippen molar-refractivity contribution in [3.05, 3.63) is 41.7 Å². The summed E-state index contributed by atoms with van der Waals surface area (Å²) in [5, 5.41) is 0. The van der Waals surface area contributed by atoms with Crippen LogP contribution in [-0.2, 0) is 14.3 Å². The Balaban J connectivity index is 2.66. The molecule has 1 aromatic carbocycles. The standard InChI is InChI=1S/C14H18O3/c1-10-5-7-13(8-6-10)11(2)9-17-12(3)14(15)16-4/h5-9,12H,1-4H3. The largest absolute Gasteiger partial charge is 0.486 e. The normalized spacial score (nSPS) is 13.1. The molecule has 0 saturated heterocycles. The first-order valence-electron chi connectivity index (χ1n) is 5.51. The second-order valence-electron chi connectivity index (χ2n) is 3.97. The molecule has 0 aliphatic heterocycles. The van der Waals surface area contributed by atoms with Gasteiger partial charge in [-0.2, -0.15) is 0 Å². The van der Waals surface area contributed by atoms with Gasteiger partial charge in [0.2, 0.25) is 0 Å². The van der Waals surface area contributed by atoms with Crippen LogP contribution in [0.5, 0.6) is 0 Å². The molecule has 0 amide bonds. The number of aryl methyl sites for hydroxylation is 1. The number of hydrogen-bond donors (Lipinski definition) is 0. The summed E-state index contributed by atoms with van der Waals surface area (Å²) >= 11 is 0. The van der Waals surface area contributed by atoms with E-state index in [-0.39, 0.29) is 5.97 Å². The zero-order valence-corrected chi connectivity index (χ0v) is 10.7. The van der Waals surface area contributed by atoms with Crippen LogP contribution in [0.2, 0.25) is 0 Å². The second kappa shape index (κ2) is 6.09. The van der Waals surface area contributed by atoms with E-state index >= 15 is 0 Å². The molecule has 1 unspecified atom stereocenters. The lowest BCUT2D eigenvalue weighted by Gasteiger charge is -2.10. The summed E-state index contributed by atoms with van der Waals surface area (Å²) in [5.74, 6) is -0.377. The van der Waals surface area contributed by atoms with E-state index in [2.05, 4.69) is 4.74 Å². The molecule has 0 aromatic heterocycles. The first-order valence-corrected chi connectivity index (χ1v) is 5.51. The van der Waals surface area contributed by atoms with Gasteiger partial charge in [0.15, 0.2) is 6.10 Å². The molecule has 0 spiro atoms. The molecule has 1 aromatic rings. The number of allylic oxidation sites excluding steroid dienone is 1. The van der Waals surface area contributed by atoms with E-state index in [1.54, 1.807) is 13.2 Å². The van der Waals surface area contributed by atoms with Crippen molar-refractivity contribution in [1.82, 2.24) is 0 Å². The predicted octanol–water partition coefficient (Wildman–Crippen LogP) is 2.93. The van der Waals surface area contributed by atoms with Crippen LogP contribution in [0.15, 0.2) is 30.5 Å². The molecule has 0 aliphatic rings. The average molecular weight is 234 g/mol. The number of rotatable bonds is 4. The fourth-order valence-corrected chi connectivity index (χ4v) is 1.31. The van der Waals surface area contributed by atoms with E-state index < -0.39 is 6.10 Å². The number of carbonyl (C=O) groups excluding carboxylic acids is 1. The SMILES string of the molecule is COC(=O)C(C)OC=C(C)c1ccc(C)cc1. The van der Waals surface area contributed by atoms with Crippen molar-refractivity contribution in [2.45, 2.75) is 26.9 Å². The lowest BCUT2D eigenvalue weighted by Crippen LogP contribution is -2.19. The Morgan fingerprint density at radius 2 is 1.88 bits per heavy atom. The van der Waals surface area contributed by atoms with Crippen LogP contribution in [0.4, 0.5) is 0 Å². The van der Waals surface area contributed by atoms with Crippen molar-refractivity contribution in [3.8, 4) is 0 Å². The van der Waals surface area contributed by atoms with E-state index in [0.717, 1.165) is 11.1 Å². The van der Waals surface area contributed by atoms with Gasteiger partial charge in [0.1, 0.15) is 0 Å². The lowest BCUT2D eigenvalue weighted by atomic mass is 10.1. The molecule has 1 rings (SSSR count). The van der Waals surface area contributed by atoms with Crippen LogP contribution in [0, 0.1) is 6.92 Å². The molecule has 3 nitrogen and oxygen atoms in total. The molecule has 0 bridgehead atoms. The van der Waals surface area contributed by atoms with Crippen molar-refractivity contribution in [1.29, 1.82) is 0 Å².